The van der Waals surface area contributed by atoms with E-state index in [1.54, 1.807) is 19.1 Å². The van der Waals surface area contributed by atoms with Crippen LogP contribution in [0.2, 0.25) is 0 Å². The fourth-order valence-electron chi connectivity index (χ4n) is 1.47. The van der Waals surface area contributed by atoms with Crippen LogP contribution in [-0.2, 0) is 4.79 Å². The quantitative estimate of drug-likeness (QED) is 0.782. The summed E-state index contributed by atoms with van der Waals surface area (Å²) in [6.45, 7) is 1.32. The lowest BCUT2D eigenvalue weighted by molar-refractivity contribution is -0.130. The molecule has 0 aromatic heterocycles. The molecule has 0 spiro atoms. The van der Waals surface area contributed by atoms with E-state index in [9.17, 15) is 4.79 Å². The summed E-state index contributed by atoms with van der Waals surface area (Å²) >= 11 is 0. The Labute approximate surface area is 107 Å². The van der Waals surface area contributed by atoms with E-state index in [1.165, 1.54) is 0 Å². The number of amides is 1. The van der Waals surface area contributed by atoms with Crippen molar-refractivity contribution < 1.29 is 14.3 Å². The summed E-state index contributed by atoms with van der Waals surface area (Å²) in [5.74, 6) is 1.40. The Bertz CT molecular complexity index is 382. The second-order valence-corrected chi connectivity index (χ2v) is 3.85. The maximum Gasteiger partial charge on any atom is 0.223 e. The van der Waals surface area contributed by atoms with Crippen LogP contribution in [0.25, 0.3) is 0 Å². The standard InChI is InChI=1S/C13H20N2O3/c1-15(13(16)7-8-14)9-10-18-12-6-4-3-5-11(12)17-2/h3-6H,7-10,14H2,1-2H3. The molecule has 0 unspecified atom stereocenters. The molecule has 5 heteroatoms. The number of likely N-dealkylation sites (N-methyl/N-ethyl adjacent to an activating group) is 1. The fraction of sp³-hybridized carbons (Fsp3) is 0.462. The Hall–Kier alpha value is -1.75. The number of rotatable bonds is 7. The third kappa shape index (κ3) is 4.25. The first-order valence-electron chi connectivity index (χ1n) is 5.89. The van der Waals surface area contributed by atoms with Gasteiger partial charge in [-0.2, -0.15) is 0 Å². The van der Waals surface area contributed by atoms with E-state index in [4.69, 9.17) is 15.2 Å². The number of carbonyl (C=O) groups is 1. The van der Waals surface area contributed by atoms with Crippen LogP contribution in [-0.4, -0.2) is 44.7 Å². The molecule has 0 atom stereocenters. The number of benzene rings is 1. The molecular formula is C13H20N2O3. The largest absolute Gasteiger partial charge is 0.493 e. The van der Waals surface area contributed by atoms with Crippen molar-refractivity contribution in [3.05, 3.63) is 24.3 Å². The van der Waals surface area contributed by atoms with Crippen molar-refractivity contribution in [3.63, 3.8) is 0 Å². The minimum Gasteiger partial charge on any atom is -0.493 e. The molecule has 18 heavy (non-hydrogen) atoms. The summed E-state index contributed by atoms with van der Waals surface area (Å²) in [6.07, 6.45) is 0.366. The Morgan fingerprint density at radius 3 is 2.61 bits per heavy atom. The minimum atomic E-state index is 0.0288. The van der Waals surface area contributed by atoms with E-state index >= 15 is 0 Å². The van der Waals surface area contributed by atoms with Crippen LogP contribution in [0.3, 0.4) is 0 Å². The van der Waals surface area contributed by atoms with E-state index in [2.05, 4.69) is 0 Å². The van der Waals surface area contributed by atoms with Gasteiger partial charge in [-0.15, -0.1) is 0 Å². The van der Waals surface area contributed by atoms with E-state index in [-0.39, 0.29) is 5.91 Å². The number of hydrogen-bond acceptors (Lipinski definition) is 4. The highest BCUT2D eigenvalue weighted by atomic mass is 16.5. The topological polar surface area (TPSA) is 64.8 Å². The first-order valence-corrected chi connectivity index (χ1v) is 5.89. The average Bonchev–Trinajstić information content (AvgIpc) is 2.39. The zero-order valence-electron chi connectivity index (χ0n) is 10.9. The van der Waals surface area contributed by atoms with Gasteiger partial charge in [0.05, 0.1) is 13.7 Å². The summed E-state index contributed by atoms with van der Waals surface area (Å²) in [5, 5.41) is 0. The van der Waals surface area contributed by atoms with Gasteiger partial charge >= 0.3 is 0 Å². The number of nitrogens with two attached hydrogens (primary N) is 1. The molecule has 100 valence electrons. The van der Waals surface area contributed by atoms with Crippen LogP contribution in [0.4, 0.5) is 0 Å². The zero-order chi connectivity index (χ0) is 13.4. The Morgan fingerprint density at radius 2 is 2.00 bits per heavy atom. The molecule has 0 radical (unpaired) electrons. The van der Waals surface area contributed by atoms with Gasteiger partial charge in [-0.05, 0) is 12.1 Å². The molecule has 1 aromatic rings. The molecule has 0 aliphatic rings. The number of nitrogens with zero attached hydrogens (tertiary/aromatic N) is 1. The van der Waals surface area contributed by atoms with Gasteiger partial charge in [0.15, 0.2) is 11.5 Å². The second kappa shape index (κ2) is 7.55. The summed E-state index contributed by atoms with van der Waals surface area (Å²) < 4.78 is 10.7. The zero-order valence-corrected chi connectivity index (χ0v) is 10.9. The van der Waals surface area contributed by atoms with Crippen molar-refractivity contribution >= 4 is 5.91 Å². The summed E-state index contributed by atoms with van der Waals surface area (Å²) in [5.41, 5.74) is 5.33. The van der Waals surface area contributed by atoms with Crippen molar-refractivity contribution in [2.45, 2.75) is 6.42 Å². The third-order valence-electron chi connectivity index (χ3n) is 2.54. The molecule has 5 nitrogen and oxygen atoms in total. The highest BCUT2D eigenvalue weighted by Crippen LogP contribution is 2.25. The van der Waals surface area contributed by atoms with Crippen LogP contribution in [0, 0.1) is 0 Å². The molecule has 0 fully saturated rings. The molecule has 0 aliphatic carbocycles. The van der Waals surface area contributed by atoms with E-state index < -0.39 is 0 Å². The van der Waals surface area contributed by atoms with Crippen LogP contribution >= 0.6 is 0 Å². The lowest BCUT2D eigenvalue weighted by Gasteiger charge is -2.17. The second-order valence-electron chi connectivity index (χ2n) is 3.85. The van der Waals surface area contributed by atoms with Crippen molar-refractivity contribution in [1.29, 1.82) is 0 Å². The predicted octanol–water partition coefficient (Wildman–Crippen LogP) is 0.881. The molecule has 2 N–H and O–H groups in total. The van der Waals surface area contributed by atoms with Gasteiger partial charge in [0, 0.05) is 20.0 Å². The van der Waals surface area contributed by atoms with Crippen molar-refractivity contribution in [1.82, 2.24) is 4.90 Å². The number of para-hydroxylation sites is 2. The van der Waals surface area contributed by atoms with Crippen LogP contribution in [0.1, 0.15) is 6.42 Å². The van der Waals surface area contributed by atoms with Gasteiger partial charge in [0.1, 0.15) is 6.61 Å². The normalized spacial score (nSPS) is 9.94. The first-order chi connectivity index (χ1) is 8.69. The van der Waals surface area contributed by atoms with Gasteiger partial charge < -0.3 is 20.1 Å². The number of methoxy groups -OCH3 is 1. The fourth-order valence-corrected chi connectivity index (χ4v) is 1.47. The highest BCUT2D eigenvalue weighted by Gasteiger charge is 2.08. The van der Waals surface area contributed by atoms with Crippen LogP contribution < -0.4 is 15.2 Å². The monoisotopic (exact) mass is 252 g/mol. The van der Waals surface area contributed by atoms with Crippen LogP contribution in [0.5, 0.6) is 11.5 Å². The molecular weight excluding hydrogens is 232 g/mol. The summed E-state index contributed by atoms with van der Waals surface area (Å²) in [6, 6.07) is 7.42. The Balaban J connectivity index is 2.39. The molecule has 0 bridgehead atoms. The first kappa shape index (κ1) is 14.3. The molecule has 1 rings (SSSR count). The third-order valence-corrected chi connectivity index (χ3v) is 2.54. The smallest absolute Gasteiger partial charge is 0.223 e. The Morgan fingerprint density at radius 1 is 1.33 bits per heavy atom. The van der Waals surface area contributed by atoms with Crippen LogP contribution in [0.15, 0.2) is 24.3 Å². The number of ether oxygens (including phenoxy) is 2. The van der Waals surface area contributed by atoms with Gasteiger partial charge in [-0.25, -0.2) is 0 Å². The van der Waals surface area contributed by atoms with Gasteiger partial charge in [0.2, 0.25) is 5.91 Å². The minimum absolute atomic E-state index is 0.0288. The lowest BCUT2D eigenvalue weighted by atomic mass is 10.3. The van der Waals surface area contributed by atoms with Crippen molar-refractivity contribution in [2.75, 3.05) is 33.9 Å². The Kier molecular flexibility index (Phi) is 6.00. The molecule has 0 heterocycles. The molecule has 1 amide bonds. The molecule has 0 saturated heterocycles. The maximum atomic E-state index is 11.5. The molecule has 0 saturated carbocycles. The van der Waals surface area contributed by atoms with Crippen molar-refractivity contribution in [2.24, 2.45) is 5.73 Å². The molecule has 1 aromatic carbocycles. The van der Waals surface area contributed by atoms with Gasteiger partial charge in [0.25, 0.3) is 0 Å². The van der Waals surface area contributed by atoms with Gasteiger partial charge in [-0.3, -0.25) is 4.79 Å². The number of hydrogen-bond donors (Lipinski definition) is 1. The van der Waals surface area contributed by atoms with E-state index in [0.29, 0.717) is 37.6 Å². The van der Waals surface area contributed by atoms with Gasteiger partial charge in [-0.1, -0.05) is 12.1 Å². The lowest BCUT2D eigenvalue weighted by Crippen LogP contribution is -2.32. The maximum absolute atomic E-state index is 11.5. The van der Waals surface area contributed by atoms with E-state index in [0.717, 1.165) is 0 Å². The predicted molar refractivity (Wildman–Crippen MR) is 69.8 cm³/mol. The SMILES string of the molecule is COc1ccccc1OCCN(C)C(=O)CCN. The van der Waals surface area contributed by atoms with E-state index in [1.807, 2.05) is 24.3 Å². The highest BCUT2D eigenvalue weighted by molar-refractivity contribution is 5.75. The molecule has 0 aliphatic heterocycles. The average molecular weight is 252 g/mol. The summed E-state index contributed by atoms with van der Waals surface area (Å²) in [7, 11) is 3.34. The number of carbonyl (C=O) groups excluding carboxylic acids is 1. The van der Waals surface area contributed by atoms with Crippen molar-refractivity contribution in [3.8, 4) is 11.5 Å². The summed E-state index contributed by atoms with van der Waals surface area (Å²) in [4.78, 5) is 13.1.